The van der Waals surface area contributed by atoms with E-state index < -0.39 is 49.4 Å². The molecule has 10 nitrogen and oxygen atoms in total. The largest absolute Gasteiger partial charge is 0.462 e. The van der Waals surface area contributed by atoms with E-state index in [-0.39, 0.29) is 32.0 Å². The topological polar surface area (TPSA) is 152 Å². The number of esters is 2. The zero-order chi connectivity index (χ0) is 43.7. The standard InChI is InChI=1S/C50H96O10/c1-3-5-7-9-11-13-15-17-19-21-22-23-25-27-29-31-33-35-37-39-46(53)59-43(42-58-50-49(56)48(55)47(54)44(40-51)60-50)41-57-45(52)38-36-34-32-30-28-26-24-20-18-16-14-12-10-8-6-4-2/h43-44,47-51,54-56H,3-42H2,1-2H3/t43-,44-,47+,48?,49?,50-/m1/s1. The number of carbonyl (C=O) groups is 2. The van der Waals surface area contributed by atoms with Crippen LogP contribution in [0.5, 0.6) is 0 Å². The van der Waals surface area contributed by atoms with Gasteiger partial charge in [0.2, 0.25) is 0 Å². The van der Waals surface area contributed by atoms with E-state index in [1.165, 1.54) is 180 Å². The van der Waals surface area contributed by atoms with Crippen molar-refractivity contribution in [2.24, 2.45) is 0 Å². The number of carbonyl (C=O) groups excluding carboxylic acids is 2. The lowest BCUT2D eigenvalue weighted by Gasteiger charge is -2.39. The Kier molecular flexibility index (Phi) is 39.4. The van der Waals surface area contributed by atoms with E-state index in [1.54, 1.807) is 0 Å². The molecule has 1 aliphatic heterocycles. The minimum Gasteiger partial charge on any atom is -0.462 e. The monoisotopic (exact) mass is 857 g/mol. The predicted molar refractivity (Wildman–Crippen MR) is 243 cm³/mol. The molecule has 0 bridgehead atoms. The van der Waals surface area contributed by atoms with Gasteiger partial charge in [-0.25, -0.2) is 0 Å². The molecule has 0 radical (unpaired) electrons. The van der Waals surface area contributed by atoms with Crippen molar-refractivity contribution in [3.63, 3.8) is 0 Å². The second kappa shape index (κ2) is 41.7. The van der Waals surface area contributed by atoms with Crippen molar-refractivity contribution in [2.45, 2.75) is 288 Å². The van der Waals surface area contributed by atoms with Gasteiger partial charge in [0.05, 0.1) is 13.2 Å². The van der Waals surface area contributed by atoms with Gasteiger partial charge in [-0.15, -0.1) is 0 Å². The first kappa shape index (κ1) is 56.7. The first-order valence-electron chi connectivity index (χ1n) is 25.6. The van der Waals surface area contributed by atoms with Gasteiger partial charge in [0.15, 0.2) is 12.4 Å². The van der Waals surface area contributed by atoms with Gasteiger partial charge in [0.1, 0.15) is 31.0 Å². The van der Waals surface area contributed by atoms with Crippen molar-refractivity contribution in [3.8, 4) is 0 Å². The van der Waals surface area contributed by atoms with Crippen molar-refractivity contribution in [1.82, 2.24) is 0 Å². The highest BCUT2D eigenvalue weighted by molar-refractivity contribution is 5.70. The highest BCUT2D eigenvalue weighted by Gasteiger charge is 2.44. The number of ether oxygens (including phenoxy) is 4. The number of hydrogen-bond acceptors (Lipinski definition) is 10. The Bertz CT molecular complexity index is 948. The van der Waals surface area contributed by atoms with Crippen LogP contribution in [0.3, 0.4) is 0 Å². The summed E-state index contributed by atoms with van der Waals surface area (Å²) in [7, 11) is 0. The van der Waals surface area contributed by atoms with E-state index in [9.17, 15) is 30.0 Å². The molecule has 1 fully saturated rings. The summed E-state index contributed by atoms with van der Waals surface area (Å²) >= 11 is 0. The third kappa shape index (κ3) is 32.4. The molecule has 0 aliphatic carbocycles. The van der Waals surface area contributed by atoms with Crippen molar-refractivity contribution in [3.05, 3.63) is 0 Å². The second-order valence-corrected chi connectivity index (χ2v) is 18.0. The van der Waals surface area contributed by atoms with Crippen LogP contribution in [-0.2, 0) is 28.5 Å². The van der Waals surface area contributed by atoms with Gasteiger partial charge in [0.25, 0.3) is 0 Å². The van der Waals surface area contributed by atoms with Crippen molar-refractivity contribution in [1.29, 1.82) is 0 Å². The summed E-state index contributed by atoms with van der Waals surface area (Å²) in [6, 6.07) is 0. The van der Waals surface area contributed by atoms with Crippen LogP contribution in [0.15, 0.2) is 0 Å². The van der Waals surface area contributed by atoms with E-state index in [0.717, 1.165) is 38.5 Å². The molecular weight excluding hydrogens is 761 g/mol. The normalized spacial score (nSPS) is 19.7. The smallest absolute Gasteiger partial charge is 0.306 e. The molecule has 0 amide bonds. The maximum absolute atomic E-state index is 12.8. The summed E-state index contributed by atoms with van der Waals surface area (Å²) in [4.78, 5) is 25.4. The molecule has 1 aliphatic rings. The summed E-state index contributed by atoms with van der Waals surface area (Å²) in [6.45, 7) is 3.48. The number of unbranched alkanes of at least 4 members (excludes halogenated alkanes) is 33. The molecule has 2 unspecified atom stereocenters. The van der Waals surface area contributed by atoms with Crippen molar-refractivity contribution >= 4 is 11.9 Å². The molecule has 0 aromatic rings. The maximum atomic E-state index is 12.8. The van der Waals surface area contributed by atoms with E-state index >= 15 is 0 Å². The average Bonchev–Trinajstić information content (AvgIpc) is 3.25. The third-order valence-corrected chi connectivity index (χ3v) is 12.2. The number of rotatable bonds is 44. The minimum absolute atomic E-state index is 0.208. The van der Waals surface area contributed by atoms with Gasteiger partial charge in [-0.3, -0.25) is 9.59 Å². The Balaban J connectivity index is 2.24. The van der Waals surface area contributed by atoms with Gasteiger partial charge < -0.3 is 39.4 Å². The first-order chi connectivity index (χ1) is 29.3. The van der Waals surface area contributed by atoms with Crippen LogP contribution in [0, 0.1) is 0 Å². The Morgan fingerprint density at radius 2 is 0.783 bits per heavy atom. The fourth-order valence-corrected chi connectivity index (χ4v) is 8.19. The quantitative estimate of drug-likeness (QED) is 0.0344. The zero-order valence-corrected chi connectivity index (χ0v) is 39.0. The number of aliphatic hydroxyl groups excluding tert-OH is 4. The average molecular weight is 857 g/mol. The summed E-state index contributed by atoms with van der Waals surface area (Å²) in [5.74, 6) is -0.786. The highest BCUT2D eigenvalue weighted by Crippen LogP contribution is 2.23. The molecule has 6 atom stereocenters. The molecule has 4 N–H and O–H groups in total. The van der Waals surface area contributed by atoms with Crippen LogP contribution in [0.25, 0.3) is 0 Å². The predicted octanol–water partition coefficient (Wildman–Crippen LogP) is 11.7. The molecule has 1 rings (SSSR count). The van der Waals surface area contributed by atoms with E-state index in [1.807, 2.05) is 0 Å². The molecule has 0 spiro atoms. The molecule has 10 heteroatoms. The zero-order valence-electron chi connectivity index (χ0n) is 39.0. The molecular formula is C50H96O10. The Morgan fingerprint density at radius 1 is 0.450 bits per heavy atom. The lowest BCUT2D eigenvalue weighted by molar-refractivity contribution is -0.305. The molecule has 0 aromatic heterocycles. The molecule has 0 aromatic carbocycles. The number of aliphatic hydroxyl groups is 4. The number of hydrogen-bond donors (Lipinski definition) is 4. The lowest BCUT2D eigenvalue weighted by Crippen LogP contribution is -2.59. The Hall–Kier alpha value is -1.30. The molecule has 0 saturated carbocycles. The SMILES string of the molecule is CCCCCCCCCCCCCCCCCCCCCC(=O)O[C@H](COC(=O)CCCCCCCCCCCCCCCCCC)CO[C@@H]1O[C@H](CO)[C@H](O)C(O)C1O. The highest BCUT2D eigenvalue weighted by atomic mass is 16.7. The van der Waals surface area contributed by atoms with Gasteiger partial charge in [-0.2, -0.15) is 0 Å². The molecule has 60 heavy (non-hydrogen) atoms. The van der Waals surface area contributed by atoms with Gasteiger partial charge in [-0.1, -0.05) is 226 Å². The summed E-state index contributed by atoms with van der Waals surface area (Å²) in [5.41, 5.74) is 0. The second-order valence-electron chi connectivity index (χ2n) is 18.0. The van der Waals surface area contributed by atoms with Crippen LogP contribution >= 0.6 is 0 Å². The van der Waals surface area contributed by atoms with Gasteiger partial charge in [-0.05, 0) is 12.8 Å². The molecule has 1 heterocycles. The molecule has 1 saturated heterocycles. The maximum Gasteiger partial charge on any atom is 0.306 e. The van der Waals surface area contributed by atoms with Crippen molar-refractivity contribution < 1.29 is 49.0 Å². The van der Waals surface area contributed by atoms with Crippen LogP contribution in [-0.4, -0.2) is 89.0 Å². The van der Waals surface area contributed by atoms with Crippen molar-refractivity contribution in [2.75, 3.05) is 19.8 Å². The fraction of sp³-hybridized carbons (Fsp3) is 0.960. The Morgan fingerprint density at radius 3 is 1.13 bits per heavy atom. The third-order valence-electron chi connectivity index (χ3n) is 12.2. The van der Waals surface area contributed by atoms with Crippen LogP contribution in [0.2, 0.25) is 0 Å². The fourth-order valence-electron chi connectivity index (χ4n) is 8.19. The van der Waals surface area contributed by atoms with E-state index in [2.05, 4.69) is 13.8 Å². The Labute approximate surface area is 368 Å². The van der Waals surface area contributed by atoms with Crippen LogP contribution < -0.4 is 0 Å². The summed E-state index contributed by atoms with van der Waals surface area (Å²) in [6.07, 6.45) is 36.8. The van der Waals surface area contributed by atoms with Gasteiger partial charge >= 0.3 is 11.9 Å². The van der Waals surface area contributed by atoms with E-state index in [0.29, 0.717) is 6.42 Å². The lowest BCUT2D eigenvalue weighted by atomic mass is 9.99. The van der Waals surface area contributed by atoms with Crippen LogP contribution in [0.4, 0.5) is 0 Å². The van der Waals surface area contributed by atoms with Gasteiger partial charge in [0, 0.05) is 12.8 Å². The van der Waals surface area contributed by atoms with E-state index in [4.69, 9.17) is 18.9 Å². The summed E-state index contributed by atoms with van der Waals surface area (Å²) < 4.78 is 22.3. The summed E-state index contributed by atoms with van der Waals surface area (Å²) in [5, 5.41) is 40.2. The minimum atomic E-state index is -1.59. The van der Waals surface area contributed by atoms with Crippen LogP contribution in [0.1, 0.15) is 251 Å². The molecule has 356 valence electrons. The first-order valence-corrected chi connectivity index (χ1v) is 25.6.